The van der Waals surface area contributed by atoms with E-state index in [-0.39, 0.29) is 19.0 Å². The fourth-order valence-corrected chi connectivity index (χ4v) is 1.58. The molecule has 1 saturated heterocycles. The van der Waals surface area contributed by atoms with Gasteiger partial charge in [-0.2, -0.15) is 0 Å². The van der Waals surface area contributed by atoms with Crippen LogP contribution in [0.4, 0.5) is 0 Å². The molecule has 88 valence electrons. The number of ether oxygens (including phenoxy) is 1. The van der Waals surface area contributed by atoms with Crippen molar-refractivity contribution in [2.75, 3.05) is 13.1 Å². The first-order valence-electron chi connectivity index (χ1n) is 5.16. The third-order valence-corrected chi connectivity index (χ3v) is 2.45. The number of carbonyl (C=O) groups excluding carboxylic acids is 3. The smallest absolute Gasteiger partial charge is 0.333 e. The Morgan fingerprint density at radius 3 is 2.18 bits per heavy atom. The largest absolute Gasteiger partial charge is 0.390 e. The van der Waals surface area contributed by atoms with Crippen molar-refractivity contribution in [3.63, 3.8) is 0 Å². The van der Waals surface area contributed by atoms with E-state index >= 15 is 0 Å². The number of benzene rings is 1. The molecule has 1 fully saturated rings. The van der Waals surface area contributed by atoms with Gasteiger partial charge < -0.3 is 9.64 Å². The van der Waals surface area contributed by atoms with Crippen LogP contribution in [0.15, 0.2) is 24.3 Å². The summed E-state index contributed by atoms with van der Waals surface area (Å²) in [4.78, 5) is 35.2. The minimum absolute atomic E-state index is 0.182. The summed E-state index contributed by atoms with van der Waals surface area (Å²) in [6.45, 7) is 1.55. The lowest BCUT2D eigenvalue weighted by Gasteiger charge is -2.24. The normalized spacial score (nSPS) is 15.7. The molecular formula is C12H11NO4. The van der Waals surface area contributed by atoms with Crippen LogP contribution in [0.5, 0.6) is 0 Å². The average Bonchev–Trinajstić information content (AvgIpc) is 2.28. The molecular weight excluding hydrogens is 222 g/mol. The van der Waals surface area contributed by atoms with E-state index in [9.17, 15) is 14.4 Å². The predicted molar refractivity (Wildman–Crippen MR) is 58.2 cm³/mol. The van der Waals surface area contributed by atoms with Gasteiger partial charge in [0, 0.05) is 5.56 Å². The second-order valence-electron chi connectivity index (χ2n) is 3.87. The Morgan fingerprint density at radius 1 is 1.12 bits per heavy atom. The molecule has 1 amide bonds. The molecule has 1 aromatic carbocycles. The summed E-state index contributed by atoms with van der Waals surface area (Å²) in [5.74, 6) is -1.72. The van der Waals surface area contributed by atoms with Crippen molar-refractivity contribution < 1.29 is 19.1 Å². The van der Waals surface area contributed by atoms with Gasteiger partial charge in [-0.15, -0.1) is 0 Å². The molecule has 0 spiro atoms. The molecule has 0 atom stereocenters. The first-order valence-corrected chi connectivity index (χ1v) is 5.16. The summed E-state index contributed by atoms with van der Waals surface area (Å²) in [5, 5.41) is 0. The highest BCUT2D eigenvalue weighted by atomic mass is 16.6. The first-order chi connectivity index (χ1) is 8.06. The Bertz CT molecular complexity index is 462. The van der Waals surface area contributed by atoms with Crippen molar-refractivity contribution in [1.29, 1.82) is 0 Å². The van der Waals surface area contributed by atoms with Crippen LogP contribution < -0.4 is 0 Å². The molecule has 17 heavy (non-hydrogen) atoms. The fourth-order valence-electron chi connectivity index (χ4n) is 1.58. The van der Waals surface area contributed by atoms with E-state index in [1.165, 1.54) is 4.90 Å². The SMILES string of the molecule is Cc1ccc(C(=O)N2CC(=O)OC(=O)C2)cc1. The zero-order valence-electron chi connectivity index (χ0n) is 9.30. The number of morpholine rings is 1. The van der Waals surface area contributed by atoms with Crippen molar-refractivity contribution in [2.45, 2.75) is 6.92 Å². The van der Waals surface area contributed by atoms with Crippen molar-refractivity contribution in [2.24, 2.45) is 0 Å². The number of carbonyl (C=O) groups is 3. The summed E-state index contributed by atoms with van der Waals surface area (Å²) in [6.07, 6.45) is 0. The third-order valence-electron chi connectivity index (χ3n) is 2.45. The van der Waals surface area contributed by atoms with Crippen LogP contribution >= 0.6 is 0 Å². The Balaban J connectivity index is 2.17. The van der Waals surface area contributed by atoms with Crippen LogP contribution in [0.2, 0.25) is 0 Å². The molecule has 0 bridgehead atoms. The summed E-state index contributed by atoms with van der Waals surface area (Å²) in [5.41, 5.74) is 1.49. The Labute approximate surface area is 98.0 Å². The van der Waals surface area contributed by atoms with Crippen LogP contribution in [0, 0.1) is 6.92 Å². The van der Waals surface area contributed by atoms with Crippen LogP contribution in [0.1, 0.15) is 15.9 Å². The molecule has 1 heterocycles. The molecule has 0 aliphatic carbocycles. The second-order valence-corrected chi connectivity index (χ2v) is 3.87. The van der Waals surface area contributed by atoms with E-state index in [4.69, 9.17) is 0 Å². The average molecular weight is 233 g/mol. The van der Waals surface area contributed by atoms with Crippen molar-refractivity contribution in [1.82, 2.24) is 4.90 Å². The van der Waals surface area contributed by atoms with Crippen molar-refractivity contribution >= 4 is 17.8 Å². The highest BCUT2D eigenvalue weighted by molar-refractivity contribution is 6.01. The van der Waals surface area contributed by atoms with E-state index in [1.807, 2.05) is 6.92 Å². The number of aryl methyl sites for hydroxylation is 1. The summed E-state index contributed by atoms with van der Waals surface area (Å²) < 4.78 is 4.35. The topological polar surface area (TPSA) is 63.7 Å². The Morgan fingerprint density at radius 2 is 1.65 bits per heavy atom. The van der Waals surface area contributed by atoms with Gasteiger partial charge in [0.1, 0.15) is 13.1 Å². The molecule has 5 heteroatoms. The van der Waals surface area contributed by atoms with Crippen LogP contribution in [0.3, 0.4) is 0 Å². The van der Waals surface area contributed by atoms with Crippen molar-refractivity contribution in [3.8, 4) is 0 Å². The number of hydrogen-bond donors (Lipinski definition) is 0. The van der Waals surface area contributed by atoms with Gasteiger partial charge in [0.05, 0.1) is 0 Å². The lowest BCUT2D eigenvalue weighted by Crippen LogP contribution is -2.46. The minimum Gasteiger partial charge on any atom is -0.390 e. The monoisotopic (exact) mass is 233 g/mol. The number of nitrogens with zero attached hydrogens (tertiary/aromatic N) is 1. The van der Waals surface area contributed by atoms with Gasteiger partial charge in [-0.05, 0) is 19.1 Å². The van der Waals surface area contributed by atoms with Crippen LogP contribution in [-0.2, 0) is 14.3 Å². The molecule has 1 aliphatic rings. The van der Waals surface area contributed by atoms with Gasteiger partial charge in [-0.1, -0.05) is 17.7 Å². The summed E-state index contributed by atoms with van der Waals surface area (Å²) >= 11 is 0. The molecule has 0 saturated carbocycles. The Hall–Kier alpha value is -2.17. The molecule has 0 unspecified atom stereocenters. The molecule has 2 rings (SSSR count). The Kier molecular flexibility index (Phi) is 2.91. The number of hydrogen-bond acceptors (Lipinski definition) is 4. The maximum absolute atomic E-state index is 12.0. The van der Waals surface area contributed by atoms with Gasteiger partial charge in [-0.25, -0.2) is 9.59 Å². The molecule has 1 aromatic rings. The number of amides is 1. The molecule has 0 radical (unpaired) electrons. The quantitative estimate of drug-likeness (QED) is 0.524. The zero-order valence-corrected chi connectivity index (χ0v) is 9.30. The van der Waals surface area contributed by atoms with Gasteiger partial charge >= 0.3 is 11.9 Å². The van der Waals surface area contributed by atoms with Gasteiger partial charge in [0.15, 0.2) is 0 Å². The summed E-state index contributed by atoms with van der Waals surface area (Å²) in [7, 11) is 0. The van der Waals surface area contributed by atoms with E-state index in [0.29, 0.717) is 5.56 Å². The molecule has 0 N–H and O–H groups in total. The van der Waals surface area contributed by atoms with Crippen LogP contribution in [0.25, 0.3) is 0 Å². The number of esters is 2. The molecule has 5 nitrogen and oxygen atoms in total. The zero-order chi connectivity index (χ0) is 12.4. The molecule has 0 aromatic heterocycles. The predicted octanol–water partition coefficient (Wildman–Crippen LogP) is 0.521. The van der Waals surface area contributed by atoms with Crippen LogP contribution in [-0.4, -0.2) is 35.8 Å². The second kappa shape index (κ2) is 4.37. The van der Waals surface area contributed by atoms with E-state index in [0.717, 1.165) is 5.56 Å². The van der Waals surface area contributed by atoms with Crippen molar-refractivity contribution in [3.05, 3.63) is 35.4 Å². The van der Waals surface area contributed by atoms with E-state index in [2.05, 4.69) is 4.74 Å². The van der Waals surface area contributed by atoms with Gasteiger partial charge in [0.2, 0.25) is 0 Å². The highest BCUT2D eigenvalue weighted by Crippen LogP contribution is 2.09. The lowest BCUT2D eigenvalue weighted by atomic mass is 10.1. The maximum Gasteiger partial charge on any atom is 0.333 e. The van der Waals surface area contributed by atoms with E-state index in [1.54, 1.807) is 24.3 Å². The third kappa shape index (κ3) is 2.50. The maximum atomic E-state index is 12.0. The molecule has 1 aliphatic heterocycles. The highest BCUT2D eigenvalue weighted by Gasteiger charge is 2.28. The summed E-state index contributed by atoms with van der Waals surface area (Å²) in [6, 6.07) is 6.94. The first kappa shape index (κ1) is 11.3. The standard InChI is InChI=1S/C12H11NO4/c1-8-2-4-9(5-3-8)12(16)13-6-10(14)17-11(15)7-13/h2-5H,6-7H2,1H3. The fraction of sp³-hybridized carbons (Fsp3) is 0.250. The lowest BCUT2D eigenvalue weighted by molar-refractivity contribution is -0.165. The number of cyclic esters (lactones) is 2. The van der Waals surface area contributed by atoms with Gasteiger partial charge in [0.25, 0.3) is 5.91 Å². The minimum atomic E-state index is -0.693. The van der Waals surface area contributed by atoms with Gasteiger partial charge in [-0.3, -0.25) is 4.79 Å². The van der Waals surface area contributed by atoms with E-state index < -0.39 is 11.9 Å². The number of rotatable bonds is 1.